The number of para-hydroxylation sites is 3. The van der Waals surface area contributed by atoms with Gasteiger partial charge in [-0.1, -0.05) is 30.3 Å². The van der Waals surface area contributed by atoms with E-state index in [-0.39, 0.29) is 17.9 Å². The molecule has 1 unspecified atom stereocenters. The second-order valence-electron chi connectivity index (χ2n) is 7.89. The molecule has 2 aromatic carbocycles. The number of carbonyl (C=O) groups excluding carboxylic acids is 2. The van der Waals surface area contributed by atoms with Gasteiger partial charge in [0.25, 0.3) is 0 Å². The molecule has 1 aliphatic rings. The minimum atomic E-state index is -4.76. The quantitative estimate of drug-likeness (QED) is 0.636. The number of likely N-dealkylation sites (N-methyl/N-ethyl adjacent to an activating group) is 1. The Morgan fingerprint density at radius 1 is 1.15 bits per heavy atom. The van der Waals surface area contributed by atoms with Crippen molar-refractivity contribution in [3.8, 4) is 5.69 Å². The highest BCUT2D eigenvalue weighted by atomic mass is 19.4. The zero-order chi connectivity index (χ0) is 23.6. The molecule has 2 amide bonds. The van der Waals surface area contributed by atoms with Crippen molar-refractivity contribution >= 4 is 23.2 Å². The van der Waals surface area contributed by atoms with Crippen LogP contribution in [0.4, 0.5) is 24.5 Å². The van der Waals surface area contributed by atoms with Gasteiger partial charge in [0, 0.05) is 18.3 Å². The number of aromatic nitrogens is 2. The van der Waals surface area contributed by atoms with Crippen LogP contribution in [-0.4, -0.2) is 52.3 Å². The normalized spacial score (nSPS) is 16.3. The molecule has 0 spiro atoms. The summed E-state index contributed by atoms with van der Waals surface area (Å²) in [5.41, 5.74) is 1.87. The molecule has 0 fully saturated rings. The van der Waals surface area contributed by atoms with Crippen LogP contribution in [-0.2, 0) is 16.1 Å². The van der Waals surface area contributed by atoms with Crippen LogP contribution in [0.5, 0.6) is 0 Å². The van der Waals surface area contributed by atoms with Gasteiger partial charge < -0.3 is 5.32 Å². The van der Waals surface area contributed by atoms with Gasteiger partial charge in [0.05, 0.1) is 36.2 Å². The maximum absolute atomic E-state index is 13.8. The molecule has 10 heteroatoms. The summed E-state index contributed by atoms with van der Waals surface area (Å²) in [7, 11) is 1.65. The number of halogens is 3. The van der Waals surface area contributed by atoms with Crippen molar-refractivity contribution in [2.45, 2.75) is 25.2 Å². The predicted molar refractivity (Wildman–Crippen MR) is 117 cm³/mol. The average Bonchev–Trinajstić information content (AvgIpc) is 3.15. The highest BCUT2D eigenvalue weighted by Crippen LogP contribution is 2.37. The number of amides is 2. The SMILES string of the molecule is CN(CC(=O)N1c2ccccc2NC(=O)CC1C(F)(F)F)Cc1cnn(-c2ccccc2)c1. The summed E-state index contributed by atoms with van der Waals surface area (Å²) in [6.07, 6.45) is -2.17. The third-order valence-electron chi connectivity index (χ3n) is 5.29. The monoisotopic (exact) mass is 457 g/mol. The Balaban J connectivity index is 1.53. The summed E-state index contributed by atoms with van der Waals surface area (Å²) in [6, 6.07) is 13.2. The molecule has 1 aromatic heterocycles. The number of alkyl halides is 3. The predicted octanol–water partition coefficient (Wildman–Crippen LogP) is 3.61. The minimum Gasteiger partial charge on any atom is -0.324 e. The fourth-order valence-electron chi connectivity index (χ4n) is 3.83. The standard InChI is InChI=1S/C23H22F3N5O2/c1-29(13-16-12-27-30(14-16)17-7-3-2-4-8-17)15-22(33)31-19-10-6-5-9-18(19)28-21(32)11-20(31)23(24,25)26/h2-10,12,14,20H,11,13,15H2,1H3,(H,28,32). The zero-order valence-electron chi connectivity index (χ0n) is 17.8. The fourth-order valence-corrected chi connectivity index (χ4v) is 3.83. The molecule has 2 heterocycles. The first-order valence-corrected chi connectivity index (χ1v) is 10.3. The zero-order valence-corrected chi connectivity index (χ0v) is 17.8. The van der Waals surface area contributed by atoms with E-state index in [1.165, 1.54) is 18.2 Å². The van der Waals surface area contributed by atoms with Gasteiger partial charge in [-0.2, -0.15) is 18.3 Å². The second-order valence-corrected chi connectivity index (χ2v) is 7.89. The van der Waals surface area contributed by atoms with Gasteiger partial charge in [-0.15, -0.1) is 0 Å². The smallest absolute Gasteiger partial charge is 0.324 e. The highest BCUT2D eigenvalue weighted by Gasteiger charge is 2.49. The Labute approximate surface area is 188 Å². The molecule has 4 rings (SSSR count). The van der Waals surface area contributed by atoms with E-state index in [9.17, 15) is 22.8 Å². The number of carbonyl (C=O) groups is 2. The van der Waals surface area contributed by atoms with Crippen LogP contribution in [0.15, 0.2) is 67.0 Å². The topological polar surface area (TPSA) is 70.5 Å². The molecule has 0 aliphatic carbocycles. The lowest BCUT2D eigenvalue weighted by atomic mass is 10.1. The number of hydrogen-bond acceptors (Lipinski definition) is 4. The van der Waals surface area contributed by atoms with Crippen LogP contribution >= 0.6 is 0 Å². The van der Waals surface area contributed by atoms with Gasteiger partial charge in [0.2, 0.25) is 11.8 Å². The molecule has 7 nitrogen and oxygen atoms in total. The first-order chi connectivity index (χ1) is 15.7. The van der Waals surface area contributed by atoms with Gasteiger partial charge in [-0.3, -0.25) is 19.4 Å². The lowest BCUT2D eigenvalue weighted by Crippen LogP contribution is -2.52. The third-order valence-corrected chi connectivity index (χ3v) is 5.29. The summed E-state index contributed by atoms with van der Waals surface area (Å²) >= 11 is 0. The molecule has 33 heavy (non-hydrogen) atoms. The molecule has 0 bridgehead atoms. The molecule has 172 valence electrons. The van der Waals surface area contributed by atoms with Crippen LogP contribution in [0.25, 0.3) is 5.69 Å². The van der Waals surface area contributed by atoms with Crippen LogP contribution in [0.2, 0.25) is 0 Å². The van der Waals surface area contributed by atoms with E-state index < -0.39 is 30.5 Å². The number of hydrogen-bond donors (Lipinski definition) is 1. The molecule has 0 saturated heterocycles. The van der Waals surface area contributed by atoms with Crippen LogP contribution in [0.3, 0.4) is 0 Å². The number of nitrogens with one attached hydrogen (secondary N) is 1. The van der Waals surface area contributed by atoms with E-state index >= 15 is 0 Å². The Morgan fingerprint density at radius 3 is 2.58 bits per heavy atom. The van der Waals surface area contributed by atoms with Crippen LogP contribution in [0.1, 0.15) is 12.0 Å². The molecule has 1 N–H and O–H groups in total. The molecule has 0 radical (unpaired) electrons. The van der Waals surface area contributed by atoms with Gasteiger partial charge in [0.15, 0.2) is 0 Å². The van der Waals surface area contributed by atoms with E-state index in [1.54, 1.807) is 35.1 Å². The van der Waals surface area contributed by atoms with Crippen molar-refractivity contribution in [2.75, 3.05) is 23.8 Å². The first kappa shape index (κ1) is 22.5. The number of fused-ring (bicyclic) bond motifs is 1. The first-order valence-electron chi connectivity index (χ1n) is 10.3. The molecule has 0 saturated carbocycles. The number of benzene rings is 2. The van der Waals surface area contributed by atoms with Crippen molar-refractivity contribution in [3.63, 3.8) is 0 Å². The average molecular weight is 457 g/mol. The summed E-state index contributed by atoms with van der Waals surface area (Å²) in [5, 5.41) is 6.77. The maximum atomic E-state index is 13.8. The van der Waals surface area contributed by atoms with E-state index in [2.05, 4.69) is 10.4 Å². The van der Waals surface area contributed by atoms with Crippen molar-refractivity contribution in [1.29, 1.82) is 0 Å². The van der Waals surface area contributed by atoms with Crippen LogP contribution < -0.4 is 10.2 Å². The summed E-state index contributed by atoms with van der Waals surface area (Å²) < 4.78 is 43.2. The van der Waals surface area contributed by atoms with Gasteiger partial charge >= 0.3 is 6.18 Å². The Kier molecular flexibility index (Phi) is 6.19. The Hall–Kier alpha value is -3.66. The van der Waals surface area contributed by atoms with Crippen molar-refractivity contribution < 1.29 is 22.8 Å². The minimum absolute atomic E-state index is 0.0287. The molecular weight excluding hydrogens is 435 g/mol. The van der Waals surface area contributed by atoms with E-state index in [0.717, 1.165) is 11.3 Å². The molecule has 1 aliphatic heterocycles. The molecular formula is C23H22F3N5O2. The van der Waals surface area contributed by atoms with Crippen molar-refractivity contribution in [3.05, 3.63) is 72.6 Å². The lowest BCUT2D eigenvalue weighted by molar-refractivity contribution is -0.158. The molecule has 1 atom stereocenters. The van der Waals surface area contributed by atoms with E-state index in [0.29, 0.717) is 11.4 Å². The summed E-state index contributed by atoms with van der Waals surface area (Å²) in [4.78, 5) is 27.5. The van der Waals surface area contributed by atoms with E-state index in [4.69, 9.17) is 0 Å². The van der Waals surface area contributed by atoms with E-state index in [1.807, 2.05) is 30.3 Å². The third kappa shape index (κ3) is 5.06. The number of nitrogens with zero attached hydrogens (tertiary/aromatic N) is 4. The van der Waals surface area contributed by atoms with Gasteiger partial charge in [-0.05, 0) is 31.3 Å². The largest absolute Gasteiger partial charge is 0.409 e. The van der Waals surface area contributed by atoms with Crippen molar-refractivity contribution in [1.82, 2.24) is 14.7 Å². The Morgan fingerprint density at radius 2 is 1.85 bits per heavy atom. The Bertz CT molecular complexity index is 1150. The molecule has 3 aromatic rings. The lowest BCUT2D eigenvalue weighted by Gasteiger charge is -2.32. The van der Waals surface area contributed by atoms with Crippen LogP contribution in [0, 0.1) is 0 Å². The summed E-state index contributed by atoms with van der Waals surface area (Å²) in [5.74, 6) is -1.54. The maximum Gasteiger partial charge on any atom is 0.409 e. The van der Waals surface area contributed by atoms with Gasteiger partial charge in [-0.25, -0.2) is 4.68 Å². The second kappa shape index (κ2) is 9.07. The number of rotatable bonds is 5. The highest BCUT2D eigenvalue weighted by molar-refractivity contribution is 6.05. The number of anilines is 2. The van der Waals surface area contributed by atoms with Crippen molar-refractivity contribution in [2.24, 2.45) is 0 Å². The summed E-state index contributed by atoms with van der Waals surface area (Å²) in [6.45, 7) is 0.0353. The fraction of sp³-hybridized carbons (Fsp3) is 0.261. The van der Waals surface area contributed by atoms with Gasteiger partial charge in [0.1, 0.15) is 6.04 Å².